The number of amides is 1. The molecule has 0 unspecified atom stereocenters. The van der Waals surface area contributed by atoms with Crippen molar-refractivity contribution >= 4 is 22.2 Å². The molecule has 0 atom stereocenters. The van der Waals surface area contributed by atoms with Gasteiger partial charge in [0.2, 0.25) is 17.7 Å². The second kappa shape index (κ2) is 9.53. The van der Waals surface area contributed by atoms with Crippen molar-refractivity contribution in [3.8, 4) is 5.75 Å². The molecule has 0 saturated heterocycles. The van der Waals surface area contributed by atoms with E-state index in [4.69, 9.17) is 9.15 Å². The second-order valence-electron chi connectivity index (χ2n) is 6.86. The maximum absolute atomic E-state index is 12.1. The number of hydrogen-bond acceptors (Lipinski definition) is 7. The SMILES string of the molecule is COc1ccc(CCc2nnc(CCC(=O)NCCc3cn4ccsc4n3)o2)cc1. The summed E-state index contributed by atoms with van der Waals surface area (Å²) in [5.41, 5.74) is 2.15. The van der Waals surface area contributed by atoms with Crippen LogP contribution in [-0.4, -0.2) is 39.1 Å². The first kappa shape index (κ1) is 20.1. The second-order valence-corrected chi connectivity index (χ2v) is 7.74. The number of ether oxygens (including phenoxy) is 1. The molecule has 0 aliphatic carbocycles. The van der Waals surface area contributed by atoms with E-state index in [-0.39, 0.29) is 5.91 Å². The molecule has 30 heavy (non-hydrogen) atoms. The number of aryl methyl sites for hydroxylation is 3. The number of fused-ring (bicyclic) bond motifs is 1. The van der Waals surface area contributed by atoms with Crippen LogP contribution < -0.4 is 10.1 Å². The zero-order valence-corrected chi connectivity index (χ0v) is 17.5. The van der Waals surface area contributed by atoms with Crippen LogP contribution in [0.5, 0.6) is 5.75 Å². The highest BCUT2D eigenvalue weighted by atomic mass is 32.1. The van der Waals surface area contributed by atoms with Gasteiger partial charge in [-0.25, -0.2) is 4.98 Å². The van der Waals surface area contributed by atoms with E-state index in [0.29, 0.717) is 44.0 Å². The van der Waals surface area contributed by atoms with E-state index in [1.807, 2.05) is 46.4 Å². The van der Waals surface area contributed by atoms with Gasteiger partial charge in [-0.05, 0) is 24.1 Å². The lowest BCUT2D eigenvalue weighted by atomic mass is 10.1. The van der Waals surface area contributed by atoms with Gasteiger partial charge in [-0.1, -0.05) is 12.1 Å². The van der Waals surface area contributed by atoms with Gasteiger partial charge in [-0.15, -0.1) is 21.5 Å². The van der Waals surface area contributed by atoms with E-state index in [2.05, 4.69) is 20.5 Å². The van der Waals surface area contributed by atoms with Gasteiger partial charge in [0.05, 0.1) is 12.8 Å². The smallest absolute Gasteiger partial charge is 0.220 e. The third-order valence-electron chi connectivity index (χ3n) is 4.71. The molecule has 0 fully saturated rings. The summed E-state index contributed by atoms with van der Waals surface area (Å²) in [5, 5.41) is 13.0. The van der Waals surface area contributed by atoms with Gasteiger partial charge >= 0.3 is 0 Å². The Labute approximate surface area is 177 Å². The van der Waals surface area contributed by atoms with Crippen molar-refractivity contribution in [2.75, 3.05) is 13.7 Å². The summed E-state index contributed by atoms with van der Waals surface area (Å²) in [4.78, 5) is 17.5. The van der Waals surface area contributed by atoms with Crippen molar-refractivity contribution in [3.05, 3.63) is 65.1 Å². The summed E-state index contributed by atoms with van der Waals surface area (Å²) in [7, 11) is 1.65. The largest absolute Gasteiger partial charge is 0.497 e. The van der Waals surface area contributed by atoms with Gasteiger partial charge in [-0.3, -0.25) is 9.20 Å². The molecule has 1 amide bonds. The minimum absolute atomic E-state index is 0.0333. The first-order valence-corrected chi connectivity index (χ1v) is 10.7. The lowest BCUT2D eigenvalue weighted by Crippen LogP contribution is -2.26. The Balaban J connectivity index is 1.16. The average Bonchev–Trinajstić information content (AvgIpc) is 3.48. The Bertz CT molecular complexity index is 1070. The number of carbonyl (C=O) groups excluding carboxylic acids is 1. The molecule has 4 rings (SSSR count). The number of nitrogens with one attached hydrogen (secondary N) is 1. The average molecular weight is 426 g/mol. The fourth-order valence-corrected chi connectivity index (χ4v) is 3.79. The molecule has 8 nitrogen and oxygen atoms in total. The molecule has 0 saturated carbocycles. The fourth-order valence-electron chi connectivity index (χ4n) is 3.07. The molecule has 0 aliphatic heterocycles. The van der Waals surface area contributed by atoms with E-state index >= 15 is 0 Å². The summed E-state index contributed by atoms with van der Waals surface area (Å²) in [6.45, 7) is 0.556. The van der Waals surface area contributed by atoms with E-state index in [0.717, 1.165) is 22.8 Å². The first-order chi connectivity index (χ1) is 14.7. The van der Waals surface area contributed by atoms with E-state index in [9.17, 15) is 4.79 Å². The Hall–Kier alpha value is -3.20. The molecule has 0 aliphatic rings. The highest BCUT2D eigenvalue weighted by Gasteiger charge is 2.10. The van der Waals surface area contributed by atoms with Crippen LogP contribution in [0.1, 0.15) is 29.5 Å². The van der Waals surface area contributed by atoms with Gasteiger partial charge in [0.15, 0.2) is 4.96 Å². The van der Waals surface area contributed by atoms with E-state index < -0.39 is 0 Å². The van der Waals surface area contributed by atoms with Crippen LogP contribution in [0.4, 0.5) is 0 Å². The van der Waals surface area contributed by atoms with Crippen molar-refractivity contribution in [2.45, 2.75) is 32.1 Å². The number of methoxy groups -OCH3 is 1. The Morgan fingerprint density at radius 1 is 1.13 bits per heavy atom. The highest BCUT2D eigenvalue weighted by Crippen LogP contribution is 2.14. The monoisotopic (exact) mass is 425 g/mol. The Morgan fingerprint density at radius 2 is 1.93 bits per heavy atom. The molecule has 0 bridgehead atoms. The van der Waals surface area contributed by atoms with Gasteiger partial charge in [0, 0.05) is 50.0 Å². The van der Waals surface area contributed by atoms with E-state index in [1.165, 1.54) is 5.56 Å². The van der Waals surface area contributed by atoms with Crippen molar-refractivity contribution in [1.82, 2.24) is 24.9 Å². The molecule has 3 aromatic heterocycles. The van der Waals surface area contributed by atoms with Crippen molar-refractivity contribution < 1.29 is 13.9 Å². The van der Waals surface area contributed by atoms with Gasteiger partial charge in [-0.2, -0.15) is 0 Å². The number of hydrogen-bond donors (Lipinski definition) is 1. The number of thiazole rings is 1. The summed E-state index contributed by atoms with van der Waals surface area (Å²) < 4.78 is 12.8. The summed E-state index contributed by atoms with van der Waals surface area (Å²) in [6, 6.07) is 7.91. The lowest BCUT2D eigenvalue weighted by Gasteiger charge is -2.02. The van der Waals surface area contributed by atoms with Crippen LogP contribution in [0.15, 0.2) is 46.5 Å². The molecule has 1 N–H and O–H groups in total. The van der Waals surface area contributed by atoms with Crippen molar-refractivity contribution in [1.29, 1.82) is 0 Å². The number of rotatable bonds is 10. The van der Waals surface area contributed by atoms with Crippen LogP contribution in [-0.2, 0) is 30.5 Å². The van der Waals surface area contributed by atoms with Gasteiger partial charge in [0.1, 0.15) is 5.75 Å². The highest BCUT2D eigenvalue weighted by molar-refractivity contribution is 7.15. The van der Waals surface area contributed by atoms with Crippen molar-refractivity contribution in [2.24, 2.45) is 0 Å². The molecule has 9 heteroatoms. The summed E-state index contributed by atoms with van der Waals surface area (Å²) in [5.74, 6) is 1.88. The Kier molecular flexibility index (Phi) is 6.38. The first-order valence-electron chi connectivity index (χ1n) is 9.81. The minimum Gasteiger partial charge on any atom is -0.497 e. The Morgan fingerprint density at radius 3 is 2.70 bits per heavy atom. The number of carbonyl (C=O) groups is 1. The minimum atomic E-state index is -0.0333. The zero-order valence-electron chi connectivity index (χ0n) is 16.7. The standard InChI is InChI=1S/C21H23N5O3S/c1-28-17-5-2-15(3-6-17)4-8-19-24-25-20(29-19)9-7-18(27)22-11-10-16-14-26-12-13-30-21(26)23-16/h2-3,5-6,12-14H,4,7-11H2,1H3,(H,22,27). The third-order valence-corrected chi connectivity index (χ3v) is 5.48. The molecule has 0 radical (unpaired) electrons. The molecule has 0 spiro atoms. The van der Waals surface area contributed by atoms with Crippen molar-refractivity contribution in [3.63, 3.8) is 0 Å². The summed E-state index contributed by atoms with van der Waals surface area (Å²) in [6.07, 6.45) is 6.89. The van der Waals surface area contributed by atoms with Crippen LogP contribution >= 0.6 is 11.3 Å². The number of benzene rings is 1. The lowest BCUT2D eigenvalue weighted by molar-refractivity contribution is -0.121. The topological polar surface area (TPSA) is 94.5 Å². The molecule has 4 aromatic rings. The zero-order chi connectivity index (χ0) is 20.8. The maximum atomic E-state index is 12.1. The predicted octanol–water partition coefficient (Wildman–Crippen LogP) is 2.86. The van der Waals surface area contributed by atoms with Crippen LogP contribution in [0.25, 0.3) is 4.96 Å². The number of imidazole rings is 1. The molecule has 1 aromatic carbocycles. The number of nitrogens with zero attached hydrogens (tertiary/aromatic N) is 4. The summed E-state index contributed by atoms with van der Waals surface area (Å²) >= 11 is 1.60. The molecule has 156 valence electrons. The fraction of sp³-hybridized carbons (Fsp3) is 0.333. The van der Waals surface area contributed by atoms with Crippen LogP contribution in [0.2, 0.25) is 0 Å². The number of aromatic nitrogens is 4. The van der Waals surface area contributed by atoms with Gasteiger partial charge < -0.3 is 14.5 Å². The van der Waals surface area contributed by atoms with Crippen LogP contribution in [0, 0.1) is 0 Å². The third kappa shape index (κ3) is 5.24. The normalized spacial score (nSPS) is 11.1. The molecule has 3 heterocycles. The quantitative estimate of drug-likeness (QED) is 0.420. The van der Waals surface area contributed by atoms with Crippen LogP contribution in [0.3, 0.4) is 0 Å². The maximum Gasteiger partial charge on any atom is 0.220 e. The van der Waals surface area contributed by atoms with E-state index in [1.54, 1.807) is 18.4 Å². The van der Waals surface area contributed by atoms with Gasteiger partial charge in [0.25, 0.3) is 0 Å². The molecular formula is C21H23N5O3S. The predicted molar refractivity (Wildman–Crippen MR) is 113 cm³/mol. The molecular weight excluding hydrogens is 402 g/mol.